The first-order chi connectivity index (χ1) is 11.0. The van der Waals surface area contributed by atoms with Gasteiger partial charge in [0.25, 0.3) is 0 Å². The zero-order valence-electron chi connectivity index (χ0n) is 14.3. The zero-order valence-corrected chi connectivity index (χ0v) is 14.3. The summed E-state index contributed by atoms with van der Waals surface area (Å²) in [5.41, 5.74) is 11.6. The number of hydrogen-bond acceptors (Lipinski definition) is 6. The summed E-state index contributed by atoms with van der Waals surface area (Å²) in [6, 6.07) is -1.15. The van der Waals surface area contributed by atoms with Crippen molar-refractivity contribution >= 4 is 11.8 Å². The second-order valence-corrected chi connectivity index (χ2v) is 5.42. The highest BCUT2D eigenvalue weighted by molar-refractivity contribution is 5.82. The Labute approximate surface area is 138 Å². The topological polar surface area (TPSA) is 129 Å². The average molecular weight is 332 g/mol. The van der Waals surface area contributed by atoms with E-state index in [1.54, 1.807) is 14.2 Å². The molecule has 2 unspecified atom stereocenters. The van der Waals surface area contributed by atoms with E-state index in [2.05, 4.69) is 10.6 Å². The Morgan fingerprint density at radius 1 is 0.826 bits per heavy atom. The second-order valence-electron chi connectivity index (χ2n) is 5.42. The lowest BCUT2D eigenvalue weighted by Gasteiger charge is -2.14. The molecule has 0 bridgehead atoms. The lowest BCUT2D eigenvalue weighted by atomic mass is 10.1. The van der Waals surface area contributed by atoms with Gasteiger partial charge in [-0.15, -0.1) is 0 Å². The van der Waals surface area contributed by atoms with Gasteiger partial charge in [0.05, 0.1) is 12.1 Å². The Hall–Kier alpha value is -1.22. The molecular weight excluding hydrogens is 300 g/mol. The first-order valence-corrected chi connectivity index (χ1v) is 8.07. The minimum atomic E-state index is -0.575. The minimum absolute atomic E-state index is 0.182. The summed E-state index contributed by atoms with van der Waals surface area (Å²) in [5, 5.41) is 5.50. The summed E-state index contributed by atoms with van der Waals surface area (Å²) in [4.78, 5) is 23.4. The molecule has 0 aromatic rings. The third-order valence-electron chi connectivity index (χ3n) is 3.35. The van der Waals surface area contributed by atoms with Crippen LogP contribution in [-0.4, -0.2) is 64.4 Å². The van der Waals surface area contributed by atoms with E-state index in [4.69, 9.17) is 20.9 Å². The maximum absolute atomic E-state index is 11.7. The molecule has 0 saturated carbocycles. The van der Waals surface area contributed by atoms with E-state index in [1.807, 2.05) is 0 Å². The summed E-state index contributed by atoms with van der Waals surface area (Å²) in [5.74, 6) is -0.364. The van der Waals surface area contributed by atoms with Crippen LogP contribution in [0.2, 0.25) is 0 Å². The molecule has 0 aliphatic carbocycles. The lowest BCUT2D eigenvalue weighted by Crippen LogP contribution is -2.43. The van der Waals surface area contributed by atoms with Crippen molar-refractivity contribution in [3.8, 4) is 0 Å². The molecule has 6 N–H and O–H groups in total. The van der Waals surface area contributed by atoms with Gasteiger partial charge in [-0.2, -0.15) is 0 Å². The first kappa shape index (κ1) is 21.8. The van der Waals surface area contributed by atoms with E-state index < -0.39 is 12.1 Å². The highest BCUT2D eigenvalue weighted by Gasteiger charge is 2.16. The highest BCUT2D eigenvalue weighted by atomic mass is 16.5. The van der Waals surface area contributed by atoms with Gasteiger partial charge in [0.1, 0.15) is 0 Å². The normalized spacial score (nSPS) is 13.4. The van der Waals surface area contributed by atoms with Crippen LogP contribution in [-0.2, 0) is 19.1 Å². The van der Waals surface area contributed by atoms with Gasteiger partial charge >= 0.3 is 0 Å². The van der Waals surface area contributed by atoms with Crippen LogP contribution in [0.4, 0.5) is 0 Å². The molecule has 136 valence electrons. The standard InChI is InChI=1S/C15H32N4O4/c1-22-10-4-8-18-14(20)12(16)6-3-7-13(17)15(21)19-9-5-11-23-2/h12-13H,3-11,16-17H2,1-2H3,(H,18,20)(H,19,21). The summed E-state index contributed by atoms with van der Waals surface area (Å²) < 4.78 is 9.80. The van der Waals surface area contributed by atoms with Gasteiger partial charge in [-0.3, -0.25) is 9.59 Å². The monoisotopic (exact) mass is 332 g/mol. The molecule has 2 atom stereocenters. The van der Waals surface area contributed by atoms with Gasteiger partial charge in [0.15, 0.2) is 0 Å². The van der Waals surface area contributed by atoms with Crippen LogP contribution in [0.15, 0.2) is 0 Å². The number of nitrogens with two attached hydrogens (primary N) is 2. The predicted molar refractivity (Wildman–Crippen MR) is 88.8 cm³/mol. The minimum Gasteiger partial charge on any atom is -0.385 e. The molecule has 0 saturated heterocycles. The van der Waals surface area contributed by atoms with Gasteiger partial charge < -0.3 is 31.6 Å². The van der Waals surface area contributed by atoms with Crippen LogP contribution in [0, 0.1) is 0 Å². The van der Waals surface area contributed by atoms with Crippen LogP contribution in [0.25, 0.3) is 0 Å². The van der Waals surface area contributed by atoms with Crippen molar-refractivity contribution in [1.82, 2.24) is 10.6 Å². The first-order valence-electron chi connectivity index (χ1n) is 8.07. The Bertz CT molecular complexity index is 299. The molecular formula is C15H32N4O4. The number of methoxy groups -OCH3 is 2. The molecule has 23 heavy (non-hydrogen) atoms. The van der Waals surface area contributed by atoms with E-state index in [0.717, 1.165) is 12.8 Å². The number of ether oxygens (including phenoxy) is 2. The molecule has 0 fully saturated rings. The fourth-order valence-electron chi connectivity index (χ4n) is 1.94. The summed E-state index contributed by atoms with van der Waals surface area (Å²) in [6.07, 6.45) is 3.13. The van der Waals surface area contributed by atoms with Crippen molar-refractivity contribution < 1.29 is 19.1 Å². The molecule has 0 aliphatic rings. The highest BCUT2D eigenvalue weighted by Crippen LogP contribution is 2.02. The van der Waals surface area contributed by atoms with Gasteiger partial charge in [-0.1, -0.05) is 0 Å². The molecule has 0 radical (unpaired) electrons. The SMILES string of the molecule is COCCCNC(=O)C(N)CCCC(N)C(=O)NCCCOC. The summed E-state index contributed by atoms with van der Waals surface area (Å²) in [6.45, 7) is 2.29. The molecule has 8 nitrogen and oxygen atoms in total. The van der Waals surface area contributed by atoms with E-state index in [9.17, 15) is 9.59 Å². The van der Waals surface area contributed by atoms with Crippen LogP contribution in [0.5, 0.6) is 0 Å². The molecule has 2 amide bonds. The number of carbonyl (C=O) groups is 2. The van der Waals surface area contributed by atoms with Crippen molar-refractivity contribution in [1.29, 1.82) is 0 Å². The van der Waals surface area contributed by atoms with E-state index in [0.29, 0.717) is 45.6 Å². The molecule has 0 rings (SSSR count). The lowest BCUT2D eigenvalue weighted by molar-refractivity contribution is -0.122. The smallest absolute Gasteiger partial charge is 0.236 e. The van der Waals surface area contributed by atoms with Crippen LogP contribution < -0.4 is 22.1 Å². The quantitative estimate of drug-likeness (QED) is 0.306. The van der Waals surface area contributed by atoms with Gasteiger partial charge in [0, 0.05) is 40.5 Å². The molecule has 0 aromatic heterocycles. The number of carbonyl (C=O) groups excluding carboxylic acids is 2. The zero-order chi connectivity index (χ0) is 17.5. The molecule has 8 heteroatoms. The molecule has 0 heterocycles. The van der Waals surface area contributed by atoms with E-state index >= 15 is 0 Å². The molecule has 0 aliphatic heterocycles. The van der Waals surface area contributed by atoms with E-state index in [1.165, 1.54) is 0 Å². The van der Waals surface area contributed by atoms with Crippen molar-refractivity contribution in [2.45, 2.75) is 44.2 Å². The van der Waals surface area contributed by atoms with Crippen LogP contribution in [0.1, 0.15) is 32.1 Å². The van der Waals surface area contributed by atoms with Gasteiger partial charge in [-0.25, -0.2) is 0 Å². The van der Waals surface area contributed by atoms with Crippen LogP contribution >= 0.6 is 0 Å². The third-order valence-corrected chi connectivity index (χ3v) is 3.35. The average Bonchev–Trinajstić information content (AvgIpc) is 2.54. The van der Waals surface area contributed by atoms with Crippen LogP contribution in [0.3, 0.4) is 0 Å². The number of nitrogens with one attached hydrogen (secondary N) is 2. The van der Waals surface area contributed by atoms with Gasteiger partial charge in [0.2, 0.25) is 11.8 Å². The van der Waals surface area contributed by atoms with Crippen molar-refractivity contribution in [3.63, 3.8) is 0 Å². The largest absolute Gasteiger partial charge is 0.385 e. The Kier molecular flexibility index (Phi) is 13.6. The van der Waals surface area contributed by atoms with E-state index in [-0.39, 0.29) is 11.8 Å². The number of amides is 2. The van der Waals surface area contributed by atoms with Crippen molar-refractivity contribution in [2.75, 3.05) is 40.5 Å². The summed E-state index contributed by atoms with van der Waals surface area (Å²) in [7, 11) is 3.23. The van der Waals surface area contributed by atoms with Gasteiger partial charge in [-0.05, 0) is 32.1 Å². The third kappa shape index (κ3) is 11.9. The Balaban J connectivity index is 3.73. The maximum atomic E-state index is 11.7. The van der Waals surface area contributed by atoms with Crippen molar-refractivity contribution in [2.24, 2.45) is 11.5 Å². The predicted octanol–water partition coefficient (Wildman–Crippen LogP) is -0.883. The fraction of sp³-hybridized carbons (Fsp3) is 0.867. The Morgan fingerprint density at radius 2 is 1.22 bits per heavy atom. The fourth-order valence-corrected chi connectivity index (χ4v) is 1.94. The Morgan fingerprint density at radius 3 is 1.57 bits per heavy atom. The number of hydrogen-bond donors (Lipinski definition) is 4. The maximum Gasteiger partial charge on any atom is 0.236 e. The van der Waals surface area contributed by atoms with Crippen molar-refractivity contribution in [3.05, 3.63) is 0 Å². The molecule has 0 aromatic carbocycles. The summed E-state index contributed by atoms with van der Waals surface area (Å²) >= 11 is 0. The number of rotatable bonds is 14. The molecule has 0 spiro atoms. The second kappa shape index (κ2) is 14.4.